The zero-order valence-corrected chi connectivity index (χ0v) is 14.4. The molecule has 7 heteroatoms. The molecular weight excluding hydrogens is 342 g/mol. The van der Waals surface area contributed by atoms with Gasteiger partial charge >= 0.3 is 0 Å². The summed E-state index contributed by atoms with van der Waals surface area (Å²) in [7, 11) is 1.37. The largest absolute Gasteiger partial charge is 0.326 e. The first-order chi connectivity index (χ1) is 11.9. The van der Waals surface area contributed by atoms with E-state index in [4.69, 9.17) is 17.3 Å². The maximum atomic E-state index is 12.8. The van der Waals surface area contributed by atoms with Crippen LogP contribution in [0.1, 0.15) is 10.4 Å². The van der Waals surface area contributed by atoms with Crippen LogP contribution < -0.4 is 11.1 Å². The molecular formula is C18H18ClN3O3. The fourth-order valence-corrected chi connectivity index (χ4v) is 2.39. The molecule has 2 aromatic rings. The van der Waals surface area contributed by atoms with Crippen molar-refractivity contribution >= 4 is 34.9 Å². The van der Waals surface area contributed by atoms with Crippen LogP contribution in [0.25, 0.3) is 0 Å². The molecule has 0 radical (unpaired) electrons. The number of ketones is 1. The summed E-state index contributed by atoms with van der Waals surface area (Å²) in [5.74, 6) is -1.65. The monoisotopic (exact) mass is 359 g/mol. The van der Waals surface area contributed by atoms with Crippen LogP contribution in [0.3, 0.4) is 0 Å². The minimum atomic E-state index is -1.34. The van der Waals surface area contributed by atoms with Crippen LogP contribution in [0.2, 0.25) is 5.02 Å². The highest BCUT2D eigenvalue weighted by molar-refractivity contribution is 6.30. The lowest BCUT2D eigenvalue weighted by Gasteiger charge is -2.26. The molecule has 0 unspecified atom stereocenters. The minimum absolute atomic E-state index is 0.272. The zero-order valence-electron chi connectivity index (χ0n) is 13.6. The van der Waals surface area contributed by atoms with Crippen LogP contribution in [0, 0.1) is 0 Å². The van der Waals surface area contributed by atoms with E-state index in [-0.39, 0.29) is 12.1 Å². The Labute approximate surface area is 150 Å². The number of hydrogen-bond donors (Lipinski definition) is 2. The number of carbonyl (C=O) groups excluding carboxylic acids is 3. The Morgan fingerprint density at radius 2 is 1.68 bits per heavy atom. The lowest BCUT2D eigenvalue weighted by atomic mass is 10.0. The van der Waals surface area contributed by atoms with Crippen LogP contribution in [-0.4, -0.2) is 42.1 Å². The number of amides is 2. The number of rotatable bonds is 6. The van der Waals surface area contributed by atoms with E-state index in [2.05, 4.69) is 5.32 Å². The van der Waals surface area contributed by atoms with Crippen molar-refractivity contribution in [1.82, 2.24) is 4.90 Å². The summed E-state index contributed by atoms with van der Waals surface area (Å²) < 4.78 is 0. The van der Waals surface area contributed by atoms with Gasteiger partial charge in [0.1, 0.15) is 0 Å². The van der Waals surface area contributed by atoms with Gasteiger partial charge in [-0.25, -0.2) is 0 Å². The van der Waals surface area contributed by atoms with Gasteiger partial charge in [0.05, 0.1) is 6.54 Å². The number of nitrogens with two attached hydrogens (primary N) is 1. The number of nitrogens with zero attached hydrogens (tertiary/aromatic N) is 1. The Bertz CT molecular complexity index is 763. The van der Waals surface area contributed by atoms with Crippen molar-refractivity contribution in [2.75, 3.05) is 18.9 Å². The molecule has 0 saturated carbocycles. The second-order valence-corrected chi connectivity index (χ2v) is 5.77. The van der Waals surface area contributed by atoms with Gasteiger partial charge in [-0.1, -0.05) is 29.8 Å². The molecule has 0 saturated heterocycles. The highest BCUT2D eigenvalue weighted by Gasteiger charge is 2.33. The van der Waals surface area contributed by atoms with E-state index in [9.17, 15) is 14.4 Å². The second kappa shape index (κ2) is 8.41. The molecule has 2 rings (SSSR count). The van der Waals surface area contributed by atoms with Crippen LogP contribution >= 0.6 is 11.6 Å². The Morgan fingerprint density at radius 3 is 2.24 bits per heavy atom. The van der Waals surface area contributed by atoms with Gasteiger partial charge in [-0.05, 0) is 36.4 Å². The predicted molar refractivity (Wildman–Crippen MR) is 96.5 cm³/mol. The molecule has 6 nitrogen and oxygen atoms in total. The summed E-state index contributed by atoms with van der Waals surface area (Å²) in [6, 6.07) is 13.5. The molecule has 130 valence electrons. The Morgan fingerprint density at radius 1 is 1.08 bits per heavy atom. The fourth-order valence-electron chi connectivity index (χ4n) is 2.26. The van der Waals surface area contributed by atoms with Crippen LogP contribution in [0.15, 0.2) is 54.6 Å². The van der Waals surface area contributed by atoms with Crippen molar-refractivity contribution in [3.63, 3.8) is 0 Å². The maximum absolute atomic E-state index is 12.8. The lowest BCUT2D eigenvalue weighted by Crippen LogP contribution is -2.51. The summed E-state index contributed by atoms with van der Waals surface area (Å²) in [5.41, 5.74) is 6.17. The van der Waals surface area contributed by atoms with Gasteiger partial charge in [0.15, 0.2) is 11.8 Å². The van der Waals surface area contributed by atoms with Crippen LogP contribution in [0.4, 0.5) is 5.69 Å². The number of nitrogens with one attached hydrogen (secondary N) is 1. The Kier molecular flexibility index (Phi) is 6.27. The van der Waals surface area contributed by atoms with E-state index >= 15 is 0 Å². The average molecular weight is 360 g/mol. The van der Waals surface area contributed by atoms with E-state index in [1.54, 1.807) is 42.5 Å². The van der Waals surface area contributed by atoms with E-state index in [1.165, 1.54) is 19.2 Å². The number of Topliss-reactive ketones (excluding diaryl/α,β-unsaturated/α-hetero) is 1. The van der Waals surface area contributed by atoms with E-state index < -0.39 is 23.6 Å². The lowest BCUT2D eigenvalue weighted by molar-refractivity contribution is -0.134. The van der Waals surface area contributed by atoms with Crippen LogP contribution in [-0.2, 0) is 9.59 Å². The molecule has 0 heterocycles. The third-order valence-electron chi connectivity index (χ3n) is 3.62. The third kappa shape index (κ3) is 4.65. The molecule has 0 bridgehead atoms. The molecule has 0 aliphatic rings. The van der Waals surface area contributed by atoms with Crippen molar-refractivity contribution in [2.45, 2.75) is 6.04 Å². The normalized spacial score (nSPS) is 11.5. The smallest absolute Gasteiger partial charge is 0.255 e. The second-order valence-electron chi connectivity index (χ2n) is 5.34. The SMILES string of the molecule is CN(C(=O)CN)[C@H](C(=O)Nc1ccccc1)C(=O)c1ccc(Cl)cc1. The summed E-state index contributed by atoms with van der Waals surface area (Å²) in [6.45, 7) is -0.306. The van der Waals surface area contributed by atoms with Gasteiger partial charge in [0, 0.05) is 23.3 Å². The summed E-state index contributed by atoms with van der Waals surface area (Å²) in [6.07, 6.45) is 0. The molecule has 2 aromatic carbocycles. The van der Waals surface area contributed by atoms with Crippen molar-refractivity contribution in [1.29, 1.82) is 0 Å². The minimum Gasteiger partial charge on any atom is -0.326 e. The van der Waals surface area contributed by atoms with Crippen molar-refractivity contribution < 1.29 is 14.4 Å². The van der Waals surface area contributed by atoms with Crippen molar-refractivity contribution in [3.05, 3.63) is 65.2 Å². The number of benzene rings is 2. The first-order valence-corrected chi connectivity index (χ1v) is 7.93. The average Bonchev–Trinajstić information content (AvgIpc) is 2.62. The first kappa shape index (κ1) is 18.6. The van der Waals surface area contributed by atoms with E-state index in [0.717, 1.165) is 4.90 Å². The molecule has 25 heavy (non-hydrogen) atoms. The highest BCUT2D eigenvalue weighted by Crippen LogP contribution is 2.15. The summed E-state index contributed by atoms with van der Waals surface area (Å²) in [4.78, 5) is 38.5. The van der Waals surface area contributed by atoms with E-state index in [0.29, 0.717) is 10.7 Å². The van der Waals surface area contributed by atoms with Gasteiger partial charge in [0.25, 0.3) is 5.91 Å². The zero-order chi connectivity index (χ0) is 18.4. The highest BCUT2D eigenvalue weighted by atomic mass is 35.5. The Balaban J connectivity index is 2.32. The molecule has 2 amide bonds. The third-order valence-corrected chi connectivity index (χ3v) is 3.87. The molecule has 3 N–H and O–H groups in total. The summed E-state index contributed by atoms with van der Waals surface area (Å²) >= 11 is 5.83. The van der Waals surface area contributed by atoms with Gasteiger partial charge in [0.2, 0.25) is 5.91 Å². The molecule has 0 fully saturated rings. The van der Waals surface area contributed by atoms with Gasteiger partial charge in [-0.15, -0.1) is 0 Å². The van der Waals surface area contributed by atoms with Gasteiger partial charge in [-0.3, -0.25) is 14.4 Å². The van der Waals surface area contributed by atoms with E-state index in [1.807, 2.05) is 0 Å². The molecule has 0 aliphatic heterocycles. The number of hydrogen-bond acceptors (Lipinski definition) is 4. The number of carbonyl (C=O) groups is 3. The molecule has 0 aliphatic carbocycles. The quantitative estimate of drug-likeness (QED) is 0.609. The summed E-state index contributed by atoms with van der Waals surface area (Å²) in [5, 5.41) is 3.11. The standard InChI is InChI=1S/C18H18ClN3O3/c1-22(15(23)11-20)16(17(24)12-7-9-13(19)10-8-12)18(25)21-14-5-3-2-4-6-14/h2-10,16H,11,20H2,1H3,(H,21,25)/t16-/m0/s1. The number of anilines is 1. The van der Waals surface area contributed by atoms with Crippen molar-refractivity contribution in [3.8, 4) is 0 Å². The van der Waals surface area contributed by atoms with Gasteiger partial charge in [-0.2, -0.15) is 0 Å². The first-order valence-electron chi connectivity index (χ1n) is 7.55. The maximum Gasteiger partial charge on any atom is 0.255 e. The topological polar surface area (TPSA) is 92.5 Å². The molecule has 0 spiro atoms. The van der Waals surface area contributed by atoms with Gasteiger partial charge < -0.3 is 16.0 Å². The number of halogens is 1. The number of para-hydroxylation sites is 1. The molecule has 1 atom stereocenters. The Hall–Kier alpha value is -2.70. The van der Waals surface area contributed by atoms with Crippen molar-refractivity contribution in [2.24, 2.45) is 5.73 Å². The predicted octanol–water partition coefficient (Wildman–Crippen LogP) is 1.95. The molecule has 0 aromatic heterocycles. The fraction of sp³-hybridized carbons (Fsp3) is 0.167. The number of likely N-dealkylation sites (N-methyl/N-ethyl adjacent to an activating group) is 1. The van der Waals surface area contributed by atoms with Crippen LogP contribution in [0.5, 0.6) is 0 Å².